The van der Waals surface area contributed by atoms with Gasteiger partial charge in [0, 0.05) is 38.5 Å². The van der Waals surface area contributed by atoms with Gasteiger partial charge in [-0.3, -0.25) is 4.79 Å². The van der Waals surface area contributed by atoms with E-state index in [1.54, 1.807) is 13.0 Å². The summed E-state index contributed by atoms with van der Waals surface area (Å²) in [6, 6.07) is 1.60. The SMILES string of the molecule is Cc1c[c-]nc(CC(=O)O)n1.[Y]. The van der Waals surface area contributed by atoms with E-state index in [0.29, 0.717) is 5.82 Å². The Morgan fingerprint density at radius 2 is 2.42 bits per heavy atom. The molecule has 0 saturated heterocycles. The summed E-state index contributed by atoms with van der Waals surface area (Å²) in [5, 5.41) is 8.36. The molecule has 0 atom stereocenters. The van der Waals surface area contributed by atoms with Gasteiger partial charge in [-0.1, -0.05) is 18.8 Å². The number of nitrogens with zero attached hydrogens (tertiary/aromatic N) is 2. The van der Waals surface area contributed by atoms with E-state index in [9.17, 15) is 4.79 Å². The normalized spacial score (nSPS) is 8.75. The quantitative estimate of drug-likeness (QED) is 0.750. The van der Waals surface area contributed by atoms with Crippen LogP contribution in [0.1, 0.15) is 11.5 Å². The first-order valence-corrected chi connectivity index (χ1v) is 3.11. The van der Waals surface area contributed by atoms with Gasteiger partial charge in [0.25, 0.3) is 5.97 Å². The Hall–Kier alpha value is -0.346. The molecule has 0 aliphatic rings. The van der Waals surface area contributed by atoms with Crippen molar-refractivity contribution in [3.63, 3.8) is 0 Å². The molecule has 61 valence electrons. The summed E-state index contributed by atoms with van der Waals surface area (Å²) in [6.07, 6.45) is 2.42. The van der Waals surface area contributed by atoms with Crippen molar-refractivity contribution < 1.29 is 42.6 Å². The number of aryl methyl sites for hydroxylation is 1. The van der Waals surface area contributed by atoms with Crippen molar-refractivity contribution in [3.05, 3.63) is 23.8 Å². The Balaban J connectivity index is 0.00000121. The molecule has 1 rings (SSSR count). The predicted molar refractivity (Wildman–Crippen MR) is 36.9 cm³/mol. The fourth-order valence-electron chi connectivity index (χ4n) is 0.675. The Kier molecular flexibility index (Phi) is 5.17. The number of hydrogen-bond acceptors (Lipinski definition) is 3. The summed E-state index contributed by atoms with van der Waals surface area (Å²) < 4.78 is 0. The molecule has 0 aromatic carbocycles. The third-order valence-electron chi connectivity index (χ3n) is 1.08. The van der Waals surface area contributed by atoms with Gasteiger partial charge in [-0.25, -0.2) is 0 Å². The van der Waals surface area contributed by atoms with Crippen LogP contribution in [-0.4, -0.2) is 21.0 Å². The molecule has 4 nitrogen and oxygen atoms in total. The molecule has 1 radical (unpaired) electrons. The zero-order valence-corrected chi connectivity index (χ0v) is 9.45. The van der Waals surface area contributed by atoms with E-state index in [2.05, 4.69) is 16.2 Å². The smallest absolute Gasteiger partial charge is 0.299 e. The molecule has 1 N–H and O–H groups in total. The van der Waals surface area contributed by atoms with E-state index >= 15 is 0 Å². The minimum atomic E-state index is -0.927. The Bertz CT molecular complexity index is 278. The van der Waals surface area contributed by atoms with Gasteiger partial charge in [0.1, 0.15) is 0 Å². The maximum atomic E-state index is 10.2. The second-order valence-corrected chi connectivity index (χ2v) is 2.13. The number of carboxylic acids is 1. The zero-order valence-electron chi connectivity index (χ0n) is 6.61. The van der Waals surface area contributed by atoms with Crippen LogP contribution in [-0.2, 0) is 43.9 Å². The van der Waals surface area contributed by atoms with Crippen molar-refractivity contribution in [3.8, 4) is 0 Å². The first kappa shape index (κ1) is 11.7. The molecule has 12 heavy (non-hydrogen) atoms. The molecule has 1 heterocycles. The van der Waals surface area contributed by atoms with Crippen LogP contribution in [0.15, 0.2) is 6.07 Å². The molecule has 0 bridgehead atoms. The van der Waals surface area contributed by atoms with Gasteiger partial charge in [0.2, 0.25) is 0 Å². The molecule has 0 aliphatic heterocycles. The van der Waals surface area contributed by atoms with E-state index in [4.69, 9.17) is 5.11 Å². The van der Waals surface area contributed by atoms with Crippen molar-refractivity contribution in [1.29, 1.82) is 0 Å². The summed E-state index contributed by atoms with van der Waals surface area (Å²) in [5.74, 6) is -0.624. The predicted octanol–water partition coefficient (Wildman–Crippen LogP) is 0.210. The summed E-state index contributed by atoms with van der Waals surface area (Å²) in [7, 11) is 0. The summed E-state index contributed by atoms with van der Waals surface area (Å²) in [5.41, 5.74) is 0.733. The van der Waals surface area contributed by atoms with Crippen LogP contribution in [0, 0.1) is 13.1 Å². The topological polar surface area (TPSA) is 63.1 Å². The molecule has 5 heteroatoms. The number of hydrogen-bond donors (Lipinski definition) is 1. The summed E-state index contributed by atoms with van der Waals surface area (Å²) in [6.45, 7) is 1.77. The minimum Gasteiger partial charge on any atom is -0.482 e. The number of carbonyl (C=O) groups is 1. The Morgan fingerprint density at radius 3 is 2.92 bits per heavy atom. The monoisotopic (exact) mass is 240 g/mol. The Morgan fingerprint density at radius 1 is 1.75 bits per heavy atom. The van der Waals surface area contributed by atoms with Crippen LogP contribution in [0.25, 0.3) is 0 Å². The first-order chi connectivity index (χ1) is 5.18. The average molecular weight is 240 g/mol. The Labute approximate surface area is 95.3 Å². The molecule has 1 aromatic rings. The number of carboxylic acid groups (broad SMARTS) is 1. The van der Waals surface area contributed by atoms with Gasteiger partial charge in [0.05, 0.1) is 6.42 Å². The van der Waals surface area contributed by atoms with Crippen molar-refractivity contribution >= 4 is 5.97 Å². The van der Waals surface area contributed by atoms with E-state index in [0.717, 1.165) is 5.69 Å². The summed E-state index contributed by atoms with van der Waals surface area (Å²) >= 11 is 0. The van der Waals surface area contributed by atoms with Gasteiger partial charge in [-0.05, 0) is 0 Å². The molecule has 0 aliphatic carbocycles. The largest absolute Gasteiger partial charge is 0.482 e. The van der Waals surface area contributed by atoms with E-state index < -0.39 is 5.97 Å². The number of aromatic nitrogens is 2. The average Bonchev–Trinajstić information content (AvgIpc) is 1.85. The van der Waals surface area contributed by atoms with Crippen LogP contribution in [0.4, 0.5) is 0 Å². The third kappa shape index (κ3) is 3.88. The second-order valence-electron chi connectivity index (χ2n) is 2.13. The van der Waals surface area contributed by atoms with Gasteiger partial charge < -0.3 is 15.1 Å². The first-order valence-electron chi connectivity index (χ1n) is 3.11. The molecule has 0 saturated carbocycles. The zero-order chi connectivity index (χ0) is 8.27. The van der Waals surface area contributed by atoms with Gasteiger partial charge >= 0.3 is 0 Å². The molecular weight excluding hydrogens is 233 g/mol. The molecule has 1 aromatic heterocycles. The molecule has 0 spiro atoms. The molecule has 0 amide bonds. The summed E-state index contributed by atoms with van der Waals surface area (Å²) in [4.78, 5) is 17.7. The maximum Gasteiger partial charge on any atom is 0.299 e. The van der Waals surface area contributed by atoms with Crippen molar-refractivity contribution in [2.45, 2.75) is 13.3 Å². The van der Waals surface area contributed by atoms with E-state index in [-0.39, 0.29) is 39.1 Å². The van der Waals surface area contributed by atoms with E-state index in [1.807, 2.05) is 0 Å². The van der Waals surface area contributed by atoms with Crippen LogP contribution in [0.3, 0.4) is 0 Å². The standard InChI is InChI=1S/C7H7N2O2.Y/c1-5-2-3-8-6(9-5)4-7(10)11;/h2H,4H2,1H3,(H,10,11);/q-1;. The number of aliphatic carboxylic acids is 1. The molecule has 0 unspecified atom stereocenters. The van der Waals surface area contributed by atoms with Crippen LogP contribution in [0.2, 0.25) is 0 Å². The van der Waals surface area contributed by atoms with Gasteiger partial charge in [-0.15, -0.1) is 6.07 Å². The fraction of sp³-hybridized carbons (Fsp3) is 0.286. The maximum absolute atomic E-state index is 10.2. The third-order valence-corrected chi connectivity index (χ3v) is 1.08. The van der Waals surface area contributed by atoms with Gasteiger partial charge in [-0.2, -0.15) is 0 Å². The van der Waals surface area contributed by atoms with Crippen LogP contribution < -0.4 is 0 Å². The van der Waals surface area contributed by atoms with Crippen LogP contribution in [0.5, 0.6) is 0 Å². The van der Waals surface area contributed by atoms with Crippen molar-refractivity contribution in [2.24, 2.45) is 0 Å². The molecule has 0 fully saturated rings. The minimum absolute atomic E-state index is 0. The van der Waals surface area contributed by atoms with Crippen molar-refractivity contribution in [2.75, 3.05) is 0 Å². The van der Waals surface area contributed by atoms with Gasteiger partial charge in [0.15, 0.2) is 0 Å². The fourth-order valence-corrected chi connectivity index (χ4v) is 0.675. The van der Waals surface area contributed by atoms with E-state index in [1.165, 1.54) is 0 Å². The number of rotatable bonds is 2. The second kappa shape index (κ2) is 5.33. The van der Waals surface area contributed by atoms with Crippen LogP contribution >= 0.6 is 0 Å². The molecular formula is C7H7N2O2Y-. The van der Waals surface area contributed by atoms with Crippen molar-refractivity contribution in [1.82, 2.24) is 9.97 Å².